The minimum atomic E-state index is 0.820. The van der Waals surface area contributed by atoms with E-state index in [4.69, 9.17) is 0 Å². The van der Waals surface area contributed by atoms with Gasteiger partial charge in [0.1, 0.15) is 5.69 Å². The van der Waals surface area contributed by atoms with Gasteiger partial charge in [0.25, 0.3) is 5.82 Å². The summed E-state index contributed by atoms with van der Waals surface area (Å²) in [5, 5.41) is 0. The first kappa shape index (κ1) is 10.5. The van der Waals surface area contributed by atoms with Crippen molar-refractivity contribution in [2.45, 2.75) is 13.0 Å². The normalized spacial score (nSPS) is 13.9. The number of para-hydroxylation sites is 1. The second kappa shape index (κ2) is 4.00. The molecule has 0 spiro atoms. The molecule has 1 aromatic heterocycles. The molecule has 0 fully saturated rings. The molecule has 0 unspecified atom stereocenters. The largest absolute Gasteiger partial charge is 0.343 e. The Kier molecular flexibility index (Phi) is 2.48. The van der Waals surface area contributed by atoms with E-state index in [-0.39, 0.29) is 0 Å². The van der Waals surface area contributed by atoms with Gasteiger partial charge in [0.2, 0.25) is 0 Å². The zero-order valence-corrected chi connectivity index (χ0v) is 11.1. The molecule has 0 N–H and O–H groups in total. The molecule has 2 aromatic rings. The van der Waals surface area contributed by atoms with E-state index in [9.17, 15) is 0 Å². The molecule has 0 bridgehead atoms. The predicted octanol–water partition coefficient (Wildman–Crippen LogP) is 2.09. The summed E-state index contributed by atoms with van der Waals surface area (Å²) in [6, 6.07) is 14.1. The number of benzene rings is 1. The second-order valence-electron chi connectivity index (χ2n) is 4.42. The molecule has 0 saturated carbocycles. The van der Waals surface area contributed by atoms with E-state index in [0.29, 0.717) is 0 Å². The Morgan fingerprint density at radius 1 is 1.18 bits per heavy atom. The van der Waals surface area contributed by atoms with Crippen molar-refractivity contribution in [3.8, 4) is 0 Å². The Balaban J connectivity index is 2.13. The van der Waals surface area contributed by atoms with Crippen molar-refractivity contribution in [3.05, 3.63) is 53.7 Å². The molecule has 0 aliphatic carbocycles. The first-order valence-electron chi connectivity index (χ1n) is 5.84. The van der Waals surface area contributed by atoms with Gasteiger partial charge in [-0.1, -0.05) is 24.3 Å². The third-order valence-electron chi connectivity index (χ3n) is 3.23. The Hall–Kier alpha value is -1.61. The zero-order chi connectivity index (χ0) is 11.8. The number of hydrogen-bond acceptors (Lipinski definition) is 1. The van der Waals surface area contributed by atoms with Crippen molar-refractivity contribution in [1.82, 2.24) is 0 Å². The van der Waals surface area contributed by atoms with Crippen LogP contribution in [0.15, 0.2) is 42.6 Å². The number of fused-ring (bicyclic) bond motifs is 1. The van der Waals surface area contributed by atoms with E-state index in [1.54, 1.807) is 0 Å². The molecular weight excluding hydrogens is 224 g/mol. The summed E-state index contributed by atoms with van der Waals surface area (Å²) >= 11 is 0. The number of aromatic nitrogens is 1. The molecular formula is C14H15N2Si+. The van der Waals surface area contributed by atoms with Crippen molar-refractivity contribution in [2.75, 3.05) is 4.57 Å². The number of rotatable bonds is 1. The molecule has 2 heterocycles. The molecule has 0 saturated heterocycles. The maximum absolute atomic E-state index is 2.45. The second-order valence-corrected chi connectivity index (χ2v) is 5.54. The quantitative estimate of drug-likeness (QED) is 0.546. The molecule has 84 valence electrons. The number of pyridine rings is 1. The minimum absolute atomic E-state index is 0.820. The zero-order valence-electron chi connectivity index (χ0n) is 10.1. The van der Waals surface area contributed by atoms with Gasteiger partial charge in [-0.15, -0.1) is 0 Å². The summed E-state index contributed by atoms with van der Waals surface area (Å²) < 4.78 is 4.64. The van der Waals surface area contributed by atoms with Crippen LogP contribution in [-0.4, -0.2) is 9.68 Å². The highest BCUT2D eigenvalue weighted by molar-refractivity contribution is 6.46. The van der Waals surface area contributed by atoms with Gasteiger partial charge in [0.15, 0.2) is 0 Å². The first-order valence-corrected chi connectivity index (χ1v) is 6.99. The number of aryl methyl sites for hydroxylation is 2. The van der Waals surface area contributed by atoms with Crippen LogP contribution in [0, 0.1) is 6.92 Å². The third kappa shape index (κ3) is 1.67. The Bertz CT molecular complexity index is 566. The molecule has 1 aromatic carbocycles. The fraction of sp³-hybridized carbons (Fsp3) is 0.214. The lowest BCUT2D eigenvalue weighted by Crippen LogP contribution is -2.37. The van der Waals surface area contributed by atoms with Crippen LogP contribution in [0.1, 0.15) is 11.1 Å². The molecule has 1 aliphatic heterocycles. The standard InChI is InChI=1S/C14H15N2Si/c1-11-6-5-7-12-10-17-16(14(11)12)13-8-3-4-9-15(13)2/h3-9H,10H2,1-2H3/q+1. The number of anilines is 2. The van der Waals surface area contributed by atoms with Crippen molar-refractivity contribution in [2.24, 2.45) is 7.05 Å². The van der Waals surface area contributed by atoms with Crippen LogP contribution in [0.3, 0.4) is 0 Å². The summed E-state index contributed by atoms with van der Waals surface area (Å²) in [4.78, 5) is 0. The van der Waals surface area contributed by atoms with E-state index in [1.165, 1.54) is 28.7 Å². The van der Waals surface area contributed by atoms with Crippen LogP contribution in [0.5, 0.6) is 0 Å². The summed E-state index contributed by atoms with van der Waals surface area (Å²) in [5.41, 5.74) is 4.26. The summed E-state index contributed by atoms with van der Waals surface area (Å²) in [5.74, 6) is 1.28. The van der Waals surface area contributed by atoms with E-state index in [2.05, 4.69) is 65.7 Å². The van der Waals surface area contributed by atoms with Crippen LogP contribution in [0.4, 0.5) is 11.5 Å². The van der Waals surface area contributed by atoms with Crippen molar-refractivity contribution < 1.29 is 4.57 Å². The van der Waals surface area contributed by atoms with Crippen molar-refractivity contribution >= 4 is 21.2 Å². The lowest BCUT2D eigenvalue weighted by Gasteiger charge is -2.15. The van der Waals surface area contributed by atoms with Crippen molar-refractivity contribution in [1.29, 1.82) is 0 Å². The molecule has 17 heavy (non-hydrogen) atoms. The number of hydrogen-bond donors (Lipinski definition) is 0. The Morgan fingerprint density at radius 3 is 2.88 bits per heavy atom. The van der Waals surface area contributed by atoms with Gasteiger partial charge in [0.05, 0.1) is 13.2 Å². The molecule has 0 atom stereocenters. The minimum Gasteiger partial charge on any atom is -0.274 e. The number of nitrogens with zero attached hydrogens (tertiary/aromatic N) is 2. The lowest BCUT2D eigenvalue weighted by molar-refractivity contribution is -0.658. The van der Waals surface area contributed by atoms with Gasteiger partial charge < -0.3 is 0 Å². The summed E-state index contributed by atoms with van der Waals surface area (Å²) in [6.07, 6.45) is 2.11. The highest BCUT2D eigenvalue weighted by Crippen LogP contribution is 2.34. The SMILES string of the molecule is Cc1cccc2c1N(c1cccc[n+]1C)[Si]C2. The smallest absolute Gasteiger partial charge is 0.274 e. The average Bonchev–Trinajstić information content (AvgIpc) is 2.75. The van der Waals surface area contributed by atoms with Crippen LogP contribution in [0.2, 0.25) is 0 Å². The first-order chi connectivity index (χ1) is 8.27. The maximum atomic E-state index is 2.45. The van der Waals surface area contributed by atoms with E-state index in [0.717, 1.165) is 9.68 Å². The molecule has 2 radical (unpaired) electrons. The monoisotopic (exact) mass is 239 g/mol. The Labute approximate surface area is 104 Å². The molecule has 0 amide bonds. The van der Waals surface area contributed by atoms with E-state index < -0.39 is 0 Å². The van der Waals surface area contributed by atoms with Gasteiger partial charge >= 0.3 is 9.68 Å². The molecule has 1 aliphatic rings. The van der Waals surface area contributed by atoms with Crippen LogP contribution >= 0.6 is 0 Å². The predicted molar refractivity (Wildman–Crippen MR) is 70.4 cm³/mol. The molecule has 2 nitrogen and oxygen atoms in total. The summed E-state index contributed by atoms with van der Waals surface area (Å²) in [7, 11) is 2.93. The maximum Gasteiger partial charge on any atom is 0.343 e. The molecule has 3 rings (SSSR count). The average molecular weight is 239 g/mol. The van der Waals surface area contributed by atoms with Crippen LogP contribution < -0.4 is 9.13 Å². The highest BCUT2D eigenvalue weighted by atomic mass is 28.2. The van der Waals surface area contributed by atoms with Gasteiger partial charge in [-0.25, -0.2) is 4.57 Å². The van der Waals surface area contributed by atoms with Gasteiger partial charge in [0, 0.05) is 12.1 Å². The summed E-state index contributed by atoms with van der Waals surface area (Å²) in [6.45, 7) is 2.20. The molecule has 3 heteroatoms. The third-order valence-corrected chi connectivity index (χ3v) is 4.54. The van der Waals surface area contributed by atoms with Gasteiger partial charge in [-0.2, -0.15) is 0 Å². The highest BCUT2D eigenvalue weighted by Gasteiger charge is 2.31. The fourth-order valence-electron chi connectivity index (χ4n) is 2.37. The van der Waals surface area contributed by atoms with Crippen molar-refractivity contribution in [3.63, 3.8) is 0 Å². The fourth-order valence-corrected chi connectivity index (χ4v) is 3.85. The lowest BCUT2D eigenvalue weighted by atomic mass is 10.1. The van der Waals surface area contributed by atoms with E-state index >= 15 is 0 Å². The van der Waals surface area contributed by atoms with Gasteiger partial charge in [-0.3, -0.25) is 4.57 Å². The Morgan fingerprint density at radius 2 is 2.06 bits per heavy atom. The van der Waals surface area contributed by atoms with Crippen LogP contribution in [-0.2, 0) is 13.1 Å². The van der Waals surface area contributed by atoms with E-state index in [1.807, 2.05) is 0 Å². The van der Waals surface area contributed by atoms with Gasteiger partial charge in [-0.05, 0) is 24.1 Å². The topological polar surface area (TPSA) is 7.12 Å². The van der Waals surface area contributed by atoms with Crippen LogP contribution in [0.25, 0.3) is 0 Å².